The molecule has 0 spiro atoms. The number of halogens is 1. The van der Waals surface area contributed by atoms with E-state index in [1.807, 2.05) is 44.3 Å². The van der Waals surface area contributed by atoms with Crippen LogP contribution < -0.4 is 4.90 Å². The Balaban J connectivity index is 1.47. The molecule has 2 aromatic heterocycles. The molecule has 4 rings (SSSR count). The number of pyridine rings is 1. The number of aromatic nitrogens is 3. The Morgan fingerprint density at radius 3 is 2.75 bits per heavy atom. The van der Waals surface area contributed by atoms with Gasteiger partial charge in [0.15, 0.2) is 0 Å². The average Bonchev–Trinajstić information content (AvgIpc) is 2.70. The predicted molar refractivity (Wildman–Crippen MR) is 106 cm³/mol. The highest BCUT2D eigenvalue weighted by Crippen LogP contribution is 2.25. The van der Waals surface area contributed by atoms with Crippen LogP contribution in [0, 0.1) is 19.7 Å². The van der Waals surface area contributed by atoms with Crippen molar-refractivity contribution < 1.29 is 9.13 Å². The van der Waals surface area contributed by atoms with Gasteiger partial charge < -0.3 is 9.64 Å². The molecule has 1 fully saturated rings. The smallest absolute Gasteiger partial charge is 0.132 e. The molecule has 3 aromatic rings. The van der Waals surface area contributed by atoms with Crippen LogP contribution in [0.5, 0.6) is 0 Å². The average molecular weight is 378 g/mol. The fourth-order valence-electron chi connectivity index (χ4n) is 3.49. The Hall–Kier alpha value is -2.86. The van der Waals surface area contributed by atoms with Gasteiger partial charge >= 0.3 is 0 Å². The molecule has 0 saturated carbocycles. The van der Waals surface area contributed by atoms with E-state index in [0.717, 1.165) is 35.1 Å². The molecular formula is C22H23FN4O. The van der Waals surface area contributed by atoms with Crippen molar-refractivity contribution in [1.82, 2.24) is 15.0 Å². The van der Waals surface area contributed by atoms with E-state index in [0.29, 0.717) is 25.1 Å². The van der Waals surface area contributed by atoms with E-state index in [4.69, 9.17) is 4.74 Å². The third-order valence-electron chi connectivity index (χ3n) is 4.87. The fraction of sp³-hybridized carbons (Fsp3) is 0.318. The maximum Gasteiger partial charge on any atom is 0.132 e. The van der Waals surface area contributed by atoms with E-state index < -0.39 is 0 Å². The summed E-state index contributed by atoms with van der Waals surface area (Å²) in [5, 5.41) is 0. The van der Waals surface area contributed by atoms with E-state index in [1.54, 1.807) is 12.1 Å². The zero-order chi connectivity index (χ0) is 19.5. The Labute approximate surface area is 164 Å². The summed E-state index contributed by atoms with van der Waals surface area (Å²) < 4.78 is 19.8. The second kappa shape index (κ2) is 8.02. The van der Waals surface area contributed by atoms with Crippen molar-refractivity contribution >= 4 is 5.82 Å². The minimum atomic E-state index is -0.187. The lowest BCUT2D eigenvalue weighted by Gasteiger charge is -2.33. The number of rotatable bonds is 4. The van der Waals surface area contributed by atoms with Crippen LogP contribution in [-0.2, 0) is 11.2 Å². The summed E-state index contributed by atoms with van der Waals surface area (Å²) in [6, 6.07) is 12.8. The molecule has 0 radical (unpaired) electrons. The van der Waals surface area contributed by atoms with E-state index in [2.05, 4.69) is 19.9 Å². The lowest BCUT2D eigenvalue weighted by atomic mass is 10.1. The van der Waals surface area contributed by atoms with E-state index in [-0.39, 0.29) is 11.9 Å². The van der Waals surface area contributed by atoms with Crippen LogP contribution in [0.1, 0.15) is 34.4 Å². The first-order valence-electron chi connectivity index (χ1n) is 9.45. The number of hydrogen-bond acceptors (Lipinski definition) is 5. The normalized spacial score (nSPS) is 17.0. The van der Waals surface area contributed by atoms with Crippen molar-refractivity contribution in [2.75, 3.05) is 24.6 Å². The molecule has 1 unspecified atom stereocenters. The van der Waals surface area contributed by atoms with Crippen molar-refractivity contribution in [3.05, 3.63) is 82.8 Å². The first-order chi connectivity index (χ1) is 13.6. The molecular weight excluding hydrogens is 355 g/mol. The summed E-state index contributed by atoms with van der Waals surface area (Å²) in [5.74, 6) is 1.51. The highest BCUT2D eigenvalue weighted by atomic mass is 19.1. The highest BCUT2D eigenvalue weighted by molar-refractivity contribution is 5.40. The molecule has 5 nitrogen and oxygen atoms in total. The van der Waals surface area contributed by atoms with Crippen LogP contribution in [0.25, 0.3) is 0 Å². The number of morpholine rings is 1. The van der Waals surface area contributed by atoms with Crippen molar-refractivity contribution in [1.29, 1.82) is 0 Å². The lowest BCUT2D eigenvalue weighted by molar-refractivity contribution is 0.0367. The van der Waals surface area contributed by atoms with E-state index in [1.165, 1.54) is 6.07 Å². The minimum Gasteiger partial charge on any atom is -0.368 e. The molecule has 3 heterocycles. The van der Waals surface area contributed by atoms with Gasteiger partial charge in [-0.25, -0.2) is 14.4 Å². The first-order valence-corrected chi connectivity index (χ1v) is 9.45. The standard InChI is InChI=1S/C22H23FN4O/c1-15-11-22(26-16(2)25-15)27-9-10-28-21(14-27)20-8-7-17(13-24-20)12-18-5-3-4-6-19(18)23/h3-8,11,13,21H,9-10,12,14H2,1-2H3. The Kier molecular flexibility index (Phi) is 5.30. The van der Waals surface area contributed by atoms with Crippen molar-refractivity contribution in [2.45, 2.75) is 26.4 Å². The van der Waals surface area contributed by atoms with Gasteiger partial charge in [0.25, 0.3) is 0 Å². The van der Waals surface area contributed by atoms with Gasteiger partial charge in [-0.05, 0) is 37.1 Å². The molecule has 0 N–H and O–H groups in total. The fourth-order valence-corrected chi connectivity index (χ4v) is 3.49. The summed E-state index contributed by atoms with van der Waals surface area (Å²) in [6.07, 6.45) is 2.21. The SMILES string of the molecule is Cc1cc(N2CCOC(c3ccc(Cc4ccccc4F)cn3)C2)nc(C)n1. The molecule has 1 aromatic carbocycles. The van der Waals surface area contributed by atoms with Crippen LogP contribution in [0.2, 0.25) is 0 Å². The zero-order valence-corrected chi connectivity index (χ0v) is 16.1. The molecule has 0 bridgehead atoms. The second-order valence-corrected chi connectivity index (χ2v) is 7.08. The Morgan fingerprint density at radius 2 is 2.00 bits per heavy atom. The minimum absolute atomic E-state index is 0.119. The summed E-state index contributed by atoms with van der Waals surface area (Å²) in [6.45, 7) is 5.98. The summed E-state index contributed by atoms with van der Waals surface area (Å²) in [5.41, 5.74) is 3.49. The number of anilines is 1. The van der Waals surface area contributed by atoms with Crippen LogP contribution in [0.3, 0.4) is 0 Å². The first kappa shape index (κ1) is 18.5. The Bertz CT molecular complexity index is 941. The van der Waals surface area contributed by atoms with Gasteiger partial charge in [0.1, 0.15) is 23.6 Å². The molecule has 1 aliphatic heterocycles. The summed E-state index contributed by atoms with van der Waals surface area (Å²) in [7, 11) is 0. The monoisotopic (exact) mass is 378 g/mol. The Morgan fingerprint density at radius 1 is 1.14 bits per heavy atom. The van der Waals surface area contributed by atoms with Gasteiger partial charge in [-0.2, -0.15) is 0 Å². The molecule has 0 aliphatic carbocycles. The number of hydrogen-bond donors (Lipinski definition) is 0. The molecule has 144 valence electrons. The third kappa shape index (κ3) is 4.17. The predicted octanol–water partition coefficient (Wildman–Crippen LogP) is 3.80. The molecule has 1 saturated heterocycles. The number of ether oxygens (including phenoxy) is 1. The summed E-state index contributed by atoms with van der Waals surface area (Å²) in [4.78, 5) is 15.7. The zero-order valence-electron chi connectivity index (χ0n) is 16.1. The lowest BCUT2D eigenvalue weighted by Crippen LogP contribution is -2.39. The van der Waals surface area contributed by atoms with Gasteiger partial charge in [0.05, 0.1) is 18.8 Å². The van der Waals surface area contributed by atoms with Crippen LogP contribution in [0.15, 0.2) is 48.7 Å². The second-order valence-electron chi connectivity index (χ2n) is 7.08. The maximum atomic E-state index is 13.9. The van der Waals surface area contributed by atoms with Gasteiger partial charge in [0.2, 0.25) is 0 Å². The number of benzene rings is 1. The van der Waals surface area contributed by atoms with E-state index >= 15 is 0 Å². The van der Waals surface area contributed by atoms with Gasteiger partial charge in [-0.3, -0.25) is 4.98 Å². The molecule has 0 amide bonds. The third-order valence-corrected chi connectivity index (χ3v) is 4.87. The number of nitrogens with zero attached hydrogens (tertiary/aromatic N) is 4. The molecule has 28 heavy (non-hydrogen) atoms. The van der Waals surface area contributed by atoms with Crippen molar-refractivity contribution in [2.24, 2.45) is 0 Å². The van der Waals surface area contributed by atoms with Crippen molar-refractivity contribution in [3.63, 3.8) is 0 Å². The quantitative estimate of drug-likeness (QED) is 0.691. The van der Waals surface area contributed by atoms with E-state index in [9.17, 15) is 4.39 Å². The number of aryl methyl sites for hydroxylation is 2. The van der Waals surface area contributed by atoms with Gasteiger partial charge in [-0.15, -0.1) is 0 Å². The molecule has 6 heteroatoms. The van der Waals surface area contributed by atoms with Crippen LogP contribution in [-0.4, -0.2) is 34.6 Å². The summed E-state index contributed by atoms with van der Waals surface area (Å²) >= 11 is 0. The highest BCUT2D eigenvalue weighted by Gasteiger charge is 2.24. The molecule has 1 aliphatic rings. The van der Waals surface area contributed by atoms with Crippen LogP contribution >= 0.6 is 0 Å². The maximum absolute atomic E-state index is 13.9. The van der Waals surface area contributed by atoms with Crippen LogP contribution in [0.4, 0.5) is 10.2 Å². The molecule has 1 atom stereocenters. The van der Waals surface area contributed by atoms with Gasteiger partial charge in [-0.1, -0.05) is 24.3 Å². The van der Waals surface area contributed by atoms with Crippen molar-refractivity contribution in [3.8, 4) is 0 Å². The topological polar surface area (TPSA) is 51.1 Å². The largest absolute Gasteiger partial charge is 0.368 e. The van der Waals surface area contributed by atoms with Gasteiger partial charge in [0, 0.05) is 30.9 Å².